The molecule has 74 valence electrons. The molecule has 1 aromatic carbocycles. The Balaban J connectivity index is 2.85. The molecule has 0 bridgehead atoms. The van der Waals surface area contributed by atoms with Gasteiger partial charge in [-0.1, -0.05) is 6.07 Å². The van der Waals surface area contributed by atoms with Crippen molar-refractivity contribution in [2.45, 2.75) is 13.0 Å². The highest BCUT2D eigenvalue weighted by Gasteiger charge is 2.06. The summed E-state index contributed by atoms with van der Waals surface area (Å²) < 4.78 is 18.1. The maximum atomic E-state index is 13.2. The fourth-order valence-corrected chi connectivity index (χ4v) is 1.03. The molecule has 0 saturated carbocycles. The van der Waals surface area contributed by atoms with E-state index in [0.29, 0.717) is 5.56 Å². The molecule has 0 aliphatic heterocycles. The molecule has 14 heavy (non-hydrogen) atoms. The Labute approximate surface area is 81.9 Å². The third-order valence-electron chi connectivity index (χ3n) is 1.77. The molecule has 0 saturated heterocycles. The van der Waals surface area contributed by atoms with Crippen molar-refractivity contribution in [3.63, 3.8) is 0 Å². The number of rotatable bonds is 3. The summed E-state index contributed by atoms with van der Waals surface area (Å²) >= 11 is 0. The predicted molar refractivity (Wildman–Crippen MR) is 50.1 cm³/mol. The van der Waals surface area contributed by atoms with E-state index in [2.05, 4.69) is 0 Å². The Morgan fingerprint density at radius 1 is 1.64 bits per heavy atom. The van der Waals surface area contributed by atoms with E-state index in [0.717, 1.165) is 0 Å². The van der Waals surface area contributed by atoms with Crippen LogP contribution in [0.1, 0.15) is 18.5 Å². The van der Waals surface area contributed by atoms with Crippen LogP contribution in [0.5, 0.6) is 5.75 Å². The molecule has 0 fully saturated rings. The quantitative estimate of drug-likeness (QED) is 0.797. The van der Waals surface area contributed by atoms with Crippen molar-refractivity contribution in [1.29, 1.82) is 5.26 Å². The zero-order valence-electron chi connectivity index (χ0n) is 7.83. The summed E-state index contributed by atoms with van der Waals surface area (Å²) in [5.41, 5.74) is 6.27. The van der Waals surface area contributed by atoms with E-state index in [-0.39, 0.29) is 18.4 Å². The number of hydrogen-bond donors (Lipinski definition) is 1. The molecular weight excluding hydrogens is 183 g/mol. The lowest BCUT2D eigenvalue weighted by atomic mass is 10.1. The molecule has 1 atom stereocenters. The van der Waals surface area contributed by atoms with Crippen LogP contribution in [0, 0.1) is 17.1 Å². The van der Waals surface area contributed by atoms with Crippen molar-refractivity contribution in [3.05, 3.63) is 29.6 Å². The Morgan fingerprint density at radius 2 is 2.36 bits per heavy atom. The van der Waals surface area contributed by atoms with Gasteiger partial charge >= 0.3 is 0 Å². The predicted octanol–water partition coefficient (Wildman–Crippen LogP) is 1.75. The van der Waals surface area contributed by atoms with Crippen molar-refractivity contribution in [1.82, 2.24) is 0 Å². The van der Waals surface area contributed by atoms with Gasteiger partial charge in [-0.2, -0.15) is 5.26 Å². The Morgan fingerprint density at radius 3 is 2.86 bits per heavy atom. The van der Waals surface area contributed by atoms with Crippen LogP contribution in [-0.4, -0.2) is 6.61 Å². The monoisotopic (exact) mass is 194 g/mol. The van der Waals surface area contributed by atoms with Gasteiger partial charge in [0.1, 0.15) is 6.07 Å². The van der Waals surface area contributed by atoms with Gasteiger partial charge in [0.15, 0.2) is 18.2 Å². The summed E-state index contributed by atoms with van der Waals surface area (Å²) in [6.45, 7) is 1.61. The van der Waals surface area contributed by atoms with E-state index in [9.17, 15) is 4.39 Å². The van der Waals surface area contributed by atoms with Gasteiger partial charge in [-0.25, -0.2) is 4.39 Å². The van der Waals surface area contributed by atoms with E-state index in [1.807, 2.05) is 0 Å². The standard InChI is InChI=1S/C10H11FN2O/c1-7(13)8-2-3-10(9(11)6-8)14-5-4-12/h2-3,6-7H,5,13H2,1H3/t7-/m1/s1. The topological polar surface area (TPSA) is 59.0 Å². The smallest absolute Gasteiger partial charge is 0.174 e. The highest BCUT2D eigenvalue weighted by atomic mass is 19.1. The Bertz CT molecular complexity index is 358. The second-order valence-electron chi connectivity index (χ2n) is 2.93. The molecule has 0 spiro atoms. The second-order valence-corrected chi connectivity index (χ2v) is 2.93. The normalized spacial score (nSPS) is 11.9. The highest BCUT2D eigenvalue weighted by Crippen LogP contribution is 2.20. The number of halogens is 1. The van der Waals surface area contributed by atoms with Crippen molar-refractivity contribution in [2.75, 3.05) is 6.61 Å². The maximum absolute atomic E-state index is 13.2. The van der Waals surface area contributed by atoms with Crippen LogP contribution in [0.15, 0.2) is 18.2 Å². The van der Waals surface area contributed by atoms with E-state index < -0.39 is 5.82 Å². The fraction of sp³-hybridized carbons (Fsp3) is 0.300. The summed E-state index contributed by atoms with van der Waals surface area (Å²) in [5, 5.41) is 8.24. The van der Waals surface area contributed by atoms with Crippen LogP contribution in [0.3, 0.4) is 0 Å². The lowest BCUT2D eigenvalue weighted by molar-refractivity contribution is 0.346. The van der Waals surface area contributed by atoms with Gasteiger partial charge in [0.25, 0.3) is 0 Å². The van der Waals surface area contributed by atoms with Crippen molar-refractivity contribution >= 4 is 0 Å². The van der Waals surface area contributed by atoms with Crippen molar-refractivity contribution in [3.8, 4) is 11.8 Å². The summed E-state index contributed by atoms with van der Waals surface area (Å²) in [5.74, 6) is -0.411. The molecule has 0 unspecified atom stereocenters. The minimum Gasteiger partial charge on any atom is -0.476 e. The van der Waals surface area contributed by atoms with Gasteiger partial charge in [0.2, 0.25) is 0 Å². The minimum atomic E-state index is -0.491. The van der Waals surface area contributed by atoms with E-state index in [4.69, 9.17) is 15.7 Å². The maximum Gasteiger partial charge on any atom is 0.174 e. The molecule has 0 heterocycles. The molecule has 0 aromatic heterocycles. The van der Waals surface area contributed by atoms with E-state index in [1.54, 1.807) is 19.1 Å². The van der Waals surface area contributed by atoms with Gasteiger partial charge in [-0.3, -0.25) is 0 Å². The Kier molecular flexibility index (Phi) is 3.43. The molecule has 4 heteroatoms. The van der Waals surface area contributed by atoms with Crippen molar-refractivity contribution < 1.29 is 9.13 Å². The first kappa shape index (κ1) is 10.5. The average molecular weight is 194 g/mol. The van der Waals surface area contributed by atoms with E-state index in [1.165, 1.54) is 12.1 Å². The summed E-state index contributed by atoms with van der Waals surface area (Å²) in [7, 11) is 0. The lowest BCUT2D eigenvalue weighted by Crippen LogP contribution is -2.06. The average Bonchev–Trinajstić information content (AvgIpc) is 2.15. The number of nitrogens with zero attached hydrogens (tertiary/aromatic N) is 1. The van der Waals surface area contributed by atoms with Gasteiger partial charge in [-0.05, 0) is 24.6 Å². The molecule has 0 radical (unpaired) electrons. The first-order chi connectivity index (χ1) is 6.65. The van der Waals surface area contributed by atoms with Crippen LogP contribution in [0.2, 0.25) is 0 Å². The van der Waals surface area contributed by atoms with Gasteiger partial charge < -0.3 is 10.5 Å². The van der Waals surface area contributed by atoms with Crippen LogP contribution in [-0.2, 0) is 0 Å². The summed E-state index contributed by atoms with van der Waals surface area (Å²) in [6.07, 6.45) is 0. The molecule has 0 amide bonds. The number of nitrogens with two attached hydrogens (primary N) is 1. The largest absolute Gasteiger partial charge is 0.476 e. The van der Waals surface area contributed by atoms with Crippen LogP contribution in [0.4, 0.5) is 4.39 Å². The molecule has 0 aliphatic rings. The molecular formula is C10H11FN2O. The SMILES string of the molecule is C[C@@H](N)c1ccc(OCC#N)c(F)c1. The van der Waals surface area contributed by atoms with Crippen LogP contribution < -0.4 is 10.5 Å². The molecule has 1 aromatic rings. The third-order valence-corrected chi connectivity index (χ3v) is 1.77. The highest BCUT2D eigenvalue weighted by molar-refractivity contribution is 5.30. The summed E-state index contributed by atoms with van der Waals surface area (Å²) in [4.78, 5) is 0. The van der Waals surface area contributed by atoms with Crippen LogP contribution in [0.25, 0.3) is 0 Å². The van der Waals surface area contributed by atoms with Gasteiger partial charge in [-0.15, -0.1) is 0 Å². The zero-order chi connectivity index (χ0) is 10.6. The second kappa shape index (κ2) is 4.58. The first-order valence-corrected chi connectivity index (χ1v) is 4.20. The number of ether oxygens (including phenoxy) is 1. The zero-order valence-corrected chi connectivity index (χ0v) is 7.83. The molecule has 3 nitrogen and oxygen atoms in total. The first-order valence-electron chi connectivity index (χ1n) is 4.20. The molecule has 0 aliphatic carbocycles. The minimum absolute atomic E-state index is 0.0796. The van der Waals surface area contributed by atoms with Crippen LogP contribution >= 0.6 is 0 Å². The van der Waals surface area contributed by atoms with Crippen molar-refractivity contribution in [2.24, 2.45) is 5.73 Å². The Hall–Kier alpha value is -1.60. The van der Waals surface area contributed by atoms with E-state index >= 15 is 0 Å². The fourth-order valence-electron chi connectivity index (χ4n) is 1.03. The number of nitriles is 1. The molecule has 2 N–H and O–H groups in total. The van der Waals surface area contributed by atoms with Gasteiger partial charge in [0.05, 0.1) is 0 Å². The third kappa shape index (κ3) is 2.44. The summed E-state index contributed by atoms with van der Waals surface area (Å²) in [6, 6.07) is 6.03. The van der Waals surface area contributed by atoms with Gasteiger partial charge in [0, 0.05) is 6.04 Å². The number of hydrogen-bond acceptors (Lipinski definition) is 3. The lowest BCUT2D eigenvalue weighted by Gasteiger charge is -2.08. The number of benzene rings is 1. The molecule has 1 rings (SSSR count).